The molecule has 0 aliphatic carbocycles. The van der Waals surface area contributed by atoms with Gasteiger partial charge in [0.2, 0.25) is 0 Å². The summed E-state index contributed by atoms with van der Waals surface area (Å²) in [6.07, 6.45) is 0. The van der Waals surface area contributed by atoms with Crippen molar-refractivity contribution in [1.82, 2.24) is 9.88 Å². The Balaban J connectivity index is 1.45. The van der Waals surface area contributed by atoms with E-state index < -0.39 is 0 Å². The molecule has 0 bridgehead atoms. The summed E-state index contributed by atoms with van der Waals surface area (Å²) < 4.78 is 0. The fourth-order valence-electron chi connectivity index (χ4n) is 4.59. The summed E-state index contributed by atoms with van der Waals surface area (Å²) in [7, 11) is 0. The topological polar surface area (TPSA) is 56.7 Å². The van der Waals surface area contributed by atoms with Crippen LogP contribution in [-0.2, 0) is 0 Å². The van der Waals surface area contributed by atoms with E-state index in [0.29, 0.717) is 18.7 Å². The van der Waals surface area contributed by atoms with Gasteiger partial charge in [-0.05, 0) is 55.8 Å². The monoisotopic (exact) mass is 437 g/mol. The molecule has 1 N–H and O–H groups in total. The molecule has 5 heteroatoms. The van der Waals surface area contributed by atoms with Crippen LogP contribution in [0.15, 0.2) is 72.8 Å². The molecule has 5 rings (SSSR count). The Bertz CT molecular complexity index is 1320. The minimum Gasteiger partial charge on any atom is -0.508 e. The number of nitrogens with zero attached hydrogens (tertiary/aromatic N) is 3. The van der Waals surface area contributed by atoms with E-state index in [-0.39, 0.29) is 11.7 Å². The second-order valence-corrected chi connectivity index (χ2v) is 8.69. The number of carbonyl (C=O) groups excluding carboxylic acids is 1. The van der Waals surface area contributed by atoms with Crippen LogP contribution in [0, 0.1) is 13.8 Å². The summed E-state index contributed by atoms with van der Waals surface area (Å²) in [5.74, 6) is 0.307. The van der Waals surface area contributed by atoms with Crippen LogP contribution in [-0.4, -0.2) is 47.1 Å². The Hall–Kier alpha value is -3.86. The van der Waals surface area contributed by atoms with E-state index >= 15 is 0 Å². The van der Waals surface area contributed by atoms with Crippen LogP contribution in [0.5, 0.6) is 5.75 Å². The number of carbonyl (C=O) groups is 1. The molecule has 0 saturated carbocycles. The Morgan fingerprint density at radius 3 is 2.33 bits per heavy atom. The van der Waals surface area contributed by atoms with Gasteiger partial charge in [0.05, 0.1) is 16.8 Å². The van der Waals surface area contributed by atoms with Crippen LogP contribution in [0.3, 0.4) is 0 Å². The molecule has 1 aliphatic rings. The van der Waals surface area contributed by atoms with E-state index in [9.17, 15) is 9.90 Å². The fourth-order valence-corrected chi connectivity index (χ4v) is 4.59. The maximum atomic E-state index is 13.7. The Morgan fingerprint density at radius 1 is 0.879 bits per heavy atom. The van der Waals surface area contributed by atoms with Gasteiger partial charge in [0.15, 0.2) is 0 Å². The molecule has 2 heterocycles. The molecule has 5 nitrogen and oxygen atoms in total. The van der Waals surface area contributed by atoms with Crippen molar-refractivity contribution in [3.63, 3.8) is 0 Å². The van der Waals surface area contributed by atoms with Crippen molar-refractivity contribution in [2.45, 2.75) is 13.8 Å². The molecule has 0 unspecified atom stereocenters. The molecule has 0 spiro atoms. The number of aromatic nitrogens is 1. The van der Waals surface area contributed by atoms with Crippen molar-refractivity contribution in [2.24, 2.45) is 0 Å². The highest BCUT2D eigenvalue weighted by Gasteiger charge is 2.24. The molecule has 1 saturated heterocycles. The molecule has 0 atom stereocenters. The number of hydrogen-bond acceptors (Lipinski definition) is 4. The third kappa shape index (κ3) is 4.14. The molecule has 1 amide bonds. The third-order valence-corrected chi connectivity index (χ3v) is 6.39. The second kappa shape index (κ2) is 8.58. The maximum Gasteiger partial charge on any atom is 0.254 e. The Kier molecular flexibility index (Phi) is 5.47. The summed E-state index contributed by atoms with van der Waals surface area (Å²) in [4.78, 5) is 22.7. The van der Waals surface area contributed by atoms with E-state index in [0.717, 1.165) is 46.5 Å². The Morgan fingerprint density at radius 2 is 1.61 bits per heavy atom. The van der Waals surface area contributed by atoms with Gasteiger partial charge in [0.25, 0.3) is 5.91 Å². The number of piperazine rings is 1. The van der Waals surface area contributed by atoms with Crippen LogP contribution in [0.1, 0.15) is 21.5 Å². The summed E-state index contributed by atoms with van der Waals surface area (Å²) in [5.41, 5.74) is 6.84. The number of amides is 1. The second-order valence-electron chi connectivity index (χ2n) is 8.69. The van der Waals surface area contributed by atoms with Crippen LogP contribution in [0.25, 0.3) is 22.2 Å². The number of pyridine rings is 1. The molecular formula is C28H27N3O2. The number of hydrogen-bond donors (Lipinski definition) is 1. The lowest BCUT2D eigenvalue weighted by Crippen LogP contribution is -2.48. The molecule has 4 aromatic rings. The number of phenols is 1. The van der Waals surface area contributed by atoms with Gasteiger partial charge in [-0.3, -0.25) is 4.79 Å². The smallest absolute Gasteiger partial charge is 0.254 e. The van der Waals surface area contributed by atoms with E-state index in [1.54, 1.807) is 12.1 Å². The van der Waals surface area contributed by atoms with Gasteiger partial charge in [-0.15, -0.1) is 0 Å². The predicted octanol–water partition coefficient (Wildman–Crippen LogP) is 5.19. The van der Waals surface area contributed by atoms with E-state index in [1.165, 1.54) is 5.56 Å². The third-order valence-electron chi connectivity index (χ3n) is 6.39. The standard InChI is InChI=1S/C28H27N3O2/c1-19-7-12-23(20(2)17-19)27-18-25(24-5-3-4-6-26(24)29-27)28(33)31-15-13-30(14-16-31)21-8-10-22(32)11-9-21/h3-12,17-18,32H,13-16H2,1-2H3. The molecule has 166 valence electrons. The van der Waals surface area contributed by atoms with Crippen molar-refractivity contribution in [3.8, 4) is 17.0 Å². The van der Waals surface area contributed by atoms with Crippen molar-refractivity contribution < 1.29 is 9.90 Å². The maximum absolute atomic E-state index is 13.7. The number of phenolic OH excluding ortho intramolecular Hbond substituents is 1. The number of aryl methyl sites for hydroxylation is 2. The lowest BCUT2D eigenvalue weighted by molar-refractivity contribution is 0.0748. The average Bonchev–Trinajstić information content (AvgIpc) is 2.83. The zero-order valence-electron chi connectivity index (χ0n) is 19.0. The van der Waals surface area contributed by atoms with E-state index in [4.69, 9.17) is 4.98 Å². The van der Waals surface area contributed by atoms with Crippen LogP contribution in [0.2, 0.25) is 0 Å². The van der Waals surface area contributed by atoms with Crippen LogP contribution in [0.4, 0.5) is 5.69 Å². The van der Waals surface area contributed by atoms with Gasteiger partial charge in [0, 0.05) is 42.8 Å². The summed E-state index contributed by atoms with van der Waals surface area (Å²) in [5, 5.41) is 10.4. The van der Waals surface area contributed by atoms with Gasteiger partial charge in [-0.2, -0.15) is 0 Å². The van der Waals surface area contributed by atoms with Gasteiger partial charge < -0.3 is 14.9 Å². The first-order chi connectivity index (χ1) is 16.0. The van der Waals surface area contributed by atoms with Crippen molar-refractivity contribution in [1.29, 1.82) is 0 Å². The van der Waals surface area contributed by atoms with Gasteiger partial charge in [-0.1, -0.05) is 42.0 Å². The summed E-state index contributed by atoms with van der Waals surface area (Å²) in [6.45, 7) is 6.97. The van der Waals surface area contributed by atoms with E-state index in [2.05, 4.69) is 36.9 Å². The minimum atomic E-state index is 0.0463. The molecule has 33 heavy (non-hydrogen) atoms. The minimum absolute atomic E-state index is 0.0463. The van der Waals surface area contributed by atoms with E-state index in [1.807, 2.05) is 47.4 Å². The lowest BCUT2D eigenvalue weighted by Gasteiger charge is -2.36. The van der Waals surface area contributed by atoms with Crippen molar-refractivity contribution >= 4 is 22.5 Å². The fraction of sp³-hybridized carbons (Fsp3) is 0.214. The summed E-state index contributed by atoms with van der Waals surface area (Å²) >= 11 is 0. The highest BCUT2D eigenvalue weighted by molar-refractivity contribution is 6.07. The normalized spacial score (nSPS) is 14.0. The predicted molar refractivity (Wildman–Crippen MR) is 133 cm³/mol. The first-order valence-corrected chi connectivity index (χ1v) is 11.3. The Labute approximate surface area is 193 Å². The zero-order valence-corrected chi connectivity index (χ0v) is 19.0. The van der Waals surface area contributed by atoms with Crippen LogP contribution < -0.4 is 4.90 Å². The average molecular weight is 438 g/mol. The number of benzene rings is 3. The quantitative estimate of drug-likeness (QED) is 0.479. The van der Waals surface area contributed by atoms with Crippen molar-refractivity contribution in [2.75, 3.05) is 31.1 Å². The molecular weight excluding hydrogens is 410 g/mol. The molecule has 1 aliphatic heterocycles. The van der Waals surface area contributed by atoms with Crippen molar-refractivity contribution in [3.05, 3.63) is 89.5 Å². The number of aromatic hydroxyl groups is 1. The highest BCUT2D eigenvalue weighted by atomic mass is 16.3. The molecule has 1 aromatic heterocycles. The highest BCUT2D eigenvalue weighted by Crippen LogP contribution is 2.29. The first kappa shape index (κ1) is 21.0. The van der Waals surface area contributed by atoms with Crippen LogP contribution >= 0.6 is 0 Å². The molecule has 0 radical (unpaired) electrons. The number of fused-ring (bicyclic) bond motifs is 1. The molecule has 3 aromatic carbocycles. The number of para-hydroxylation sites is 1. The zero-order chi connectivity index (χ0) is 22.9. The van der Waals surface area contributed by atoms with Gasteiger partial charge in [0.1, 0.15) is 5.75 Å². The lowest BCUT2D eigenvalue weighted by atomic mass is 9.99. The number of rotatable bonds is 3. The summed E-state index contributed by atoms with van der Waals surface area (Å²) in [6, 6.07) is 23.4. The molecule has 1 fully saturated rings. The first-order valence-electron chi connectivity index (χ1n) is 11.3. The van der Waals surface area contributed by atoms with Gasteiger partial charge in [-0.25, -0.2) is 4.98 Å². The SMILES string of the molecule is Cc1ccc(-c2cc(C(=O)N3CCN(c4ccc(O)cc4)CC3)c3ccccc3n2)c(C)c1. The largest absolute Gasteiger partial charge is 0.508 e. The number of anilines is 1. The van der Waals surface area contributed by atoms with Gasteiger partial charge >= 0.3 is 0 Å².